The molecule has 9 heteroatoms. The molecule has 0 amide bonds. The lowest BCUT2D eigenvalue weighted by atomic mass is 10.1. The number of aromatic nitrogens is 3. The molecule has 0 fully saturated rings. The van der Waals surface area contributed by atoms with Crippen molar-refractivity contribution in [2.45, 2.75) is 20.8 Å². The van der Waals surface area contributed by atoms with E-state index >= 15 is 0 Å². The lowest BCUT2D eigenvalue weighted by Gasteiger charge is -2.09. The van der Waals surface area contributed by atoms with Gasteiger partial charge in [-0.3, -0.25) is 4.79 Å². The molecule has 0 unspecified atom stereocenters. The van der Waals surface area contributed by atoms with Crippen LogP contribution < -0.4 is 0 Å². The molecule has 34 heavy (non-hydrogen) atoms. The van der Waals surface area contributed by atoms with Crippen LogP contribution in [0.25, 0.3) is 16.3 Å². The van der Waals surface area contributed by atoms with E-state index in [4.69, 9.17) is 9.47 Å². The van der Waals surface area contributed by atoms with E-state index in [-0.39, 0.29) is 23.4 Å². The number of carbonyl (C=O) groups is 3. The van der Waals surface area contributed by atoms with Crippen LogP contribution in [0.1, 0.15) is 49.5 Å². The fourth-order valence-corrected chi connectivity index (χ4v) is 4.38. The summed E-state index contributed by atoms with van der Waals surface area (Å²) in [7, 11) is 0. The number of aryl methyl sites for hydroxylation is 2. The summed E-state index contributed by atoms with van der Waals surface area (Å²) in [5, 5.41) is 6.51. The first kappa shape index (κ1) is 23.2. The number of Topliss-reactive ketones (excluding diaryl/α,β-unsaturated/α-hetero) is 1. The van der Waals surface area contributed by atoms with E-state index in [1.807, 2.05) is 47.8 Å². The summed E-state index contributed by atoms with van der Waals surface area (Å²) < 4.78 is 12.0. The van der Waals surface area contributed by atoms with Gasteiger partial charge in [0, 0.05) is 17.5 Å². The van der Waals surface area contributed by atoms with Gasteiger partial charge in [0.25, 0.3) is 0 Å². The fourth-order valence-electron chi connectivity index (χ4n) is 3.70. The van der Waals surface area contributed by atoms with Gasteiger partial charge in [0.1, 0.15) is 5.69 Å². The van der Waals surface area contributed by atoms with E-state index in [9.17, 15) is 14.4 Å². The molecule has 0 saturated heterocycles. The molecule has 8 nitrogen and oxygen atoms in total. The van der Waals surface area contributed by atoms with Gasteiger partial charge in [0.15, 0.2) is 12.3 Å². The quantitative estimate of drug-likeness (QED) is 0.290. The number of nitrogens with zero attached hydrogens (tertiary/aromatic N) is 2. The smallest absolute Gasteiger partial charge is 0.357 e. The standard InChI is InChI=1S/C25H23N3O5S/c1-4-32-25(31)23-16(3)26-15(2)22(23)20(29)14-33-24(30)19-13-18(21-11-8-12-34-21)27-28(19)17-9-6-5-7-10-17/h5-13,26H,4,14H2,1-3H3. The minimum atomic E-state index is -0.699. The molecule has 4 aromatic rings. The van der Waals surface area contributed by atoms with Gasteiger partial charge < -0.3 is 14.5 Å². The molecule has 0 aliphatic heterocycles. The van der Waals surface area contributed by atoms with E-state index in [0.717, 1.165) is 4.88 Å². The Morgan fingerprint density at radius 2 is 1.71 bits per heavy atom. The Morgan fingerprint density at radius 3 is 2.38 bits per heavy atom. The monoisotopic (exact) mass is 477 g/mol. The van der Waals surface area contributed by atoms with Gasteiger partial charge >= 0.3 is 11.9 Å². The molecule has 0 radical (unpaired) electrons. The third-order valence-electron chi connectivity index (χ3n) is 5.16. The van der Waals surface area contributed by atoms with Crippen LogP contribution in [0.5, 0.6) is 0 Å². The number of esters is 2. The van der Waals surface area contributed by atoms with Crippen LogP contribution in [-0.2, 0) is 9.47 Å². The van der Waals surface area contributed by atoms with Gasteiger partial charge in [-0.05, 0) is 44.4 Å². The zero-order chi connectivity index (χ0) is 24.2. The van der Waals surface area contributed by atoms with Gasteiger partial charge in [0.05, 0.1) is 28.3 Å². The number of thiophene rings is 1. The average Bonchev–Trinajstić information content (AvgIpc) is 3.56. The maximum Gasteiger partial charge on any atom is 0.357 e. The molecule has 174 valence electrons. The highest BCUT2D eigenvalue weighted by molar-refractivity contribution is 7.13. The molecule has 0 bridgehead atoms. The Kier molecular flexibility index (Phi) is 6.74. The lowest BCUT2D eigenvalue weighted by Crippen LogP contribution is -2.19. The van der Waals surface area contributed by atoms with Gasteiger partial charge in [-0.25, -0.2) is 14.3 Å². The minimum Gasteiger partial charge on any atom is -0.462 e. The summed E-state index contributed by atoms with van der Waals surface area (Å²) in [6.07, 6.45) is 0. The van der Waals surface area contributed by atoms with Crippen LogP contribution in [0.4, 0.5) is 0 Å². The molecule has 0 aliphatic rings. The molecule has 0 aliphatic carbocycles. The first-order chi connectivity index (χ1) is 16.4. The van der Waals surface area contributed by atoms with E-state index < -0.39 is 24.3 Å². The summed E-state index contributed by atoms with van der Waals surface area (Å²) in [6, 6.07) is 14.7. The molecular weight excluding hydrogens is 454 g/mol. The zero-order valence-electron chi connectivity index (χ0n) is 19.0. The largest absolute Gasteiger partial charge is 0.462 e. The number of H-pyrrole nitrogens is 1. The van der Waals surface area contributed by atoms with E-state index in [1.165, 1.54) is 16.0 Å². The van der Waals surface area contributed by atoms with Crippen molar-refractivity contribution in [1.82, 2.24) is 14.8 Å². The highest BCUT2D eigenvalue weighted by atomic mass is 32.1. The predicted molar refractivity (Wildman–Crippen MR) is 128 cm³/mol. The Bertz CT molecular complexity index is 1340. The molecule has 0 saturated carbocycles. The molecule has 0 atom stereocenters. The van der Waals surface area contributed by atoms with Crippen molar-refractivity contribution < 1.29 is 23.9 Å². The van der Waals surface area contributed by atoms with Crippen LogP contribution in [-0.4, -0.2) is 45.7 Å². The van der Waals surface area contributed by atoms with Crippen molar-refractivity contribution in [3.05, 3.63) is 82.1 Å². The Balaban J connectivity index is 1.60. The first-order valence-corrected chi connectivity index (χ1v) is 11.5. The number of ether oxygens (including phenoxy) is 2. The summed E-state index contributed by atoms with van der Waals surface area (Å²) in [4.78, 5) is 42.3. The van der Waals surface area contributed by atoms with Gasteiger partial charge in [0.2, 0.25) is 5.78 Å². The second-order valence-electron chi connectivity index (χ2n) is 7.48. The Morgan fingerprint density at radius 1 is 0.971 bits per heavy atom. The van der Waals surface area contributed by atoms with E-state index in [1.54, 1.807) is 26.8 Å². The van der Waals surface area contributed by atoms with Crippen molar-refractivity contribution in [2.75, 3.05) is 13.2 Å². The number of hydrogen-bond donors (Lipinski definition) is 1. The number of rotatable bonds is 8. The van der Waals surface area contributed by atoms with Crippen molar-refractivity contribution in [3.63, 3.8) is 0 Å². The normalized spacial score (nSPS) is 10.8. The van der Waals surface area contributed by atoms with Crippen molar-refractivity contribution in [2.24, 2.45) is 0 Å². The van der Waals surface area contributed by atoms with Crippen LogP contribution >= 0.6 is 11.3 Å². The number of benzene rings is 1. The summed E-state index contributed by atoms with van der Waals surface area (Å²) in [5.74, 6) is -1.79. The number of hydrogen-bond acceptors (Lipinski definition) is 7. The van der Waals surface area contributed by atoms with E-state index in [0.29, 0.717) is 22.8 Å². The zero-order valence-corrected chi connectivity index (χ0v) is 19.8. The fraction of sp³-hybridized carbons (Fsp3) is 0.200. The molecule has 3 aromatic heterocycles. The SMILES string of the molecule is CCOC(=O)c1c(C)[nH]c(C)c1C(=O)COC(=O)c1cc(-c2cccs2)nn1-c1ccccc1. The number of nitrogens with one attached hydrogen (secondary N) is 1. The maximum atomic E-state index is 13.0. The number of aromatic amines is 1. The molecule has 1 N–H and O–H groups in total. The van der Waals surface area contributed by atoms with Crippen LogP contribution in [0.3, 0.4) is 0 Å². The van der Waals surface area contributed by atoms with Crippen molar-refractivity contribution in [3.8, 4) is 16.3 Å². The second kappa shape index (κ2) is 9.88. The maximum absolute atomic E-state index is 13.0. The third kappa shape index (κ3) is 4.55. The van der Waals surface area contributed by atoms with Crippen molar-refractivity contribution >= 4 is 29.1 Å². The van der Waals surface area contributed by atoms with Crippen LogP contribution in [0.15, 0.2) is 53.9 Å². The lowest BCUT2D eigenvalue weighted by molar-refractivity contribution is 0.0463. The highest BCUT2D eigenvalue weighted by Gasteiger charge is 2.27. The molecule has 4 rings (SSSR count). The molecular formula is C25H23N3O5S. The third-order valence-corrected chi connectivity index (χ3v) is 6.05. The molecule has 3 heterocycles. The van der Waals surface area contributed by atoms with E-state index in [2.05, 4.69) is 10.1 Å². The second-order valence-corrected chi connectivity index (χ2v) is 8.43. The topological polar surface area (TPSA) is 103 Å². The summed E-state index contributed by atoms with van der Waals surface area (Å²) >= 11 is 1.50. The number of ketones is 1. The van der Waals surface area contributed by atoms with Gasteiger partial charge in [-0.15, -0.1) is 11.3 Å². The Labute approximate surface area is 200 Å². The molecule has 1 aromatic carbocycles. The Hall–Kier alpha value is -3.98. The first-order valence-electron chi connectivity index (χ1n) is 10.7. The average molecular weight is 478 g/mol. The predicted octanol–water partition coefficient (Wildman–Crippen LogP) is 4.76. The van der Waals surface area contributed by atoms with Crippen LogP contribution in [0, 0.1) is 13.8 Å². The number of para-hydroxylation sites is 1. The number of carbonyl (C=O) groups excluding carboxylic acids is 3. The summed E-state index contributed by atoms with van der Waals surface area (Å²) in [6.45, 7) is 4.71. The minimum absolute atomic E-state index is 0.162. The highest BCUT2D eigenvalue weighted by Crippen LogP contribution is 2.26. The van der Waals surface area contributed by atoms with Crippen molar-refractivity contribution in [1.29, 1.82) is 0 Å². The molecule has 0 spiro atoms. The van der Waals surface area contributed by atoms with Gasteiger partial charge in [-0.1, -0.05) is 24.3 Å². The van der Waals surface area contributed by atoms with Gasteiger partial charge in [-0.2, -0.15) is 5.10 Å². The summed E-state index contributed by atoms with van der Waals surface area (Å²) in [5.41, 5.74) is 2.86. The van der Waals surface area contributed by atoms with Crippen LogP contribution in [0.2, 0.25) is 0 Å².